The van der Waals surface area contributed by atoms with Gasteiger partial charge in [-0.1, -0.05) is 0 Å². The highest BCUT2D eigenvalue weighted by Crippen LogP contribution is 2.21. The van der Waals surface area contributed by atoms with Crippen LogP contribution in [-0.4, -0.2) is 112 Å². The lowest BCUT2D eigenvalue weighted by Gasteiger charge is -2.45. The van der Waals surface area contributed by atoms with Crippen LogP contribution in [0, 0.1) is 0 Å². The normalized spacial score (nSPS) is 25.9. The first kappa shape index (κ1) is 18.6. The Labute approximate surface area is 141 Å². The van der Waals surface area contributed by atoms with Crippen molar-refractivity contribution in [1.82, 2.24) is 19.6 Å². The fraction of sp³-hybridized carbons (Fsp3) is 0.941. The summed E-state index contributed by atoms with van der Waals surface area (Å²) in [5, 5.41) is 0. The quantitative estimate of drug-likeness (QED) is 0.513. The van der Waals surface area contributed by atoms with Crippen molar-refractivity contribution >= 4 is 5.97 Å². The molecule has 2 fully saturated rings. The van der Waals surface area contributed by atoms with Crippen LogP contribution in [0.4, 0.5) is 0 Å². The molecule has 0 radical (unpaired) electrons. The van der Waals surface area contributed by atoms with E-state index in [9.17, 15) is 4.79 Å². The molecule has 1 atom stereocenters. The molecular weight excluding hydrogens is 292 g/mol. The lowest BCUT2D eigenvalue weighted by atomic mass is 9.99. The molecule has 0 aromatic heterocycles. The zero-order chi connectivity index (χ0) is 16.8. The van der Waals surface area contributed by atoms with Gasteiger partial charge < -0.3 is 19.4 Å². The Kier molecular flexibility index (Phi) is 7.27. The minimum atomic E-state index is -0.0958. The fourth-order valence-electron chi connectivity index (χ4n) is 3.56. The molecule has 2 rings (SSSR count). The SMILES string of the molecule is CN(C)CCCOC(=O)C1CN(C)CCN1C1CCN(C)CC1. The standard InChI is InChI=1S/C17H34N4O2/c1-18(2)8-5-13-23-17(22)16-14-20(4)11-12-21(16)15-6-9-19(3)10-7-15/h15-16H,5-14H2,1-4H3. The summed E-state index contributed by atoms with van der Waals surface area (Å²) in [6, 6.07) is 0.431. The van der Waals surface area contributed by atoms with Crippen molar-refractivity contribution in [2.24, 2.45) is 0 Å². The van der Waals surface area contributed by atoms with Crippen LogP contribution in [-0.2, 0) is 9.53 Å². The van der Waals surface area contributed by atoms with Crippen molar-refractivity contribution in [3.05, 3.63) is 0 Å². The van der Waals surface area contributed by atoms with Crippen LogP contribution < -0.4 is 0 Å². The van der Waals surface area contributed by atoms with Crippen molar-refractivity contribution in [2.75, 3.05) is 74.1 Å². The van der Waals surface area contributed by atoms with Crippen LogP contribution in [0.15, 0.2) is 0 Å². The molecule has 0 saturated carbocycles. The third kappa shape index (κ3) is 5.71. The Morgan fingerprint density at radius 1 is 1.09 bits per heavy atom. The highest BCUT2D eigenvalue weighted by Gasteiger charge is 2.37. The molecule has 0 N–H and O–H groups in total. The van der Waals surface area contributed by atoms with E-state index in [0.717, 1.165) is 58.5 Å². The van der Waals surface area contributed by atoms with Gasteiger partial charge in [-0.3, -0.25) is 9.69 Å². The van der Waals surface area contributed by atoms with E-state index in [1.54, 1.807) is 0 Å². The minimum Gasteiger partial charge on any atom is -0.464 e. The largest absolute Gasteiger partial charge is 0.464 e. The van der Waals surface area contributed by atoms with Crippen LogP contribution in [0.5, 0.6) is 0 Å². The van der Waals surface area contributed by atoms with Gasteiger partial charge in [-0.05, 0) is 60.5 Å². The molecule has 23 heavy (non-hydrogen) atoms. The second-order valence-corrected chi connectivity index (χ2v) is 7.37. The average Bonchev–Trinajstić information content (AvgIpc) is 2.52. The van der Waals surface area contributed by atoms with Crippen LogP contribution >= 0.6 is 0 Å². The predicted octanol–water partition coefficient (Wildman–Crippen LogP) is 0.192. The highest BCUT2D eigenvalue weighted by atomic mass is 16.5. The van der Waals surface area contributed by atoms with Gasteiger partial charge in [0.15, 0.2) is 0 Å². The number of hydrogen-bond donors (Lipinski definition) is 0. The topological polar surface area (TPSA) is 39.3 Å². The maximum Gasteiger partial charge on any atom is 0.324 e. The zero-order valence-corrected chi connectivity index (χ0v) is 15.3. The van der Waals surface area contributed by atoms with Crippen LogP contribution in [0.2, 0.25) is 0 Å². The molecule has 2 aliphatic heterocycles. The number of hydrogen-bond acceptors (Lipinski definition) is 6. The summed E-state index contributed by atoms with van der Waals surface area (Å²) in [6.07, 6.45) is 3.21. The van der Waals surface area contributed by atoms with E-state index in [2.05, 4.69) is 33.7 Å². The number of piperidine rings is 1. The zero-order valence-electron chi connectivity index (χ0n) is 15.3. The van der Waals surface area contributed by atoms with E-state index in [4.69, 9.17) is 4.74 Å². The van der Waals surface area contributed by atoms with Gasteiger partial charge in [-0.25, -0.2) is 0 Å². The van der Waals surface area contributed by atoms with Gasteiger partial charge in [0.2, 0.25) is 0 Å². The summed E-state index contributed by atoms with van der Waals surface area (Å²) >= 11 is 0. The second-order valence-electron chi connectivity index (χ2n) is 7.37. The molecular formula is C17H34N4O2. The molecule has 2 saturated heterocycles. The van der Waals surface area contributed by atoms with Crippen molar-refractivity contribution in [3.8, 4) is 0 Å². The number of rotatable bonds is 6. The Hall–Kier alpha value is -0.690. The van der Waals surface area contributed by atoms with Gasteiger partial charge in [0.05, 0.1) is 6.61 Å². The van der Waals surface area contributed by atoms with Gasteiger partial charge in [0.1, 0.15) is 6.04 Å². The first-order chi connectivity index (χ1) is 11.0. The van der Waals surface area contributed by atoms with Gasteiger partial charge in [-0.2, -0.15) is 0 Å². The molecule has 2 aliphatic rings. The maximum atomic E-state index is 12.6. The Morgan fingerprint density at radius 3 is 2.43 bits per heavy atom. The summed E-state index contributed by atoms with van der Waals surface area (Å²) < 4.78 is 5.58. The number of ether oxygens (including phenoxy) is 1. The molecule has 0 aromatic rings. The van der Waals surface area contributed by atoms with E-state index in [1.165, 1.54) is 0 Å². The lowest BCUT2D eigenvalue weighted by molar-refractivity contribution is -0.154. The highest BCUT2D eigenvalue weighted by molar-refractivity contribution is 5.76. The number of nitrogens with zero attached hydrogens (tertiary/aromatic N) is 4. The van der Waals surface area contributed by atoms with Gasteiger partial charge in [-0.15, -0.1) is 0 Å². The number of carbonyl (C=O) groups is 1. The molecule has 0 spiro atoms. The van der Waals surface area contributed by atoms with E-state index in [-0.39, 0.29) is 12.0 Å². The third-order valence-electron chi connectivity index (χ3n) is 5.05. The smallest absolute Gasteiger partial charge is 0.324 e. The number of likely N-dealkylation sites (N-methyl/N-ethyl adjacent to an activating group) is 1. The van der Waals surface area contributed by atoms with Crippen molar-refractivity contribution in [1.29, 1.82) is 0 Å². The van der Waals surface area contributed by atoms with Crippen molar-refractivity contribution in [2.45, 2.75) is 31.3 Å². The van der Waals surface area contributed by atoms with Crippen molar-refractivity contribution in [3.63, 3.8) is 0 Å². The average molecular weight is 326 g/mol. The summed E-state index contributed by atoms with van der Waals surface area (Å²) in [5.74, 6) is -0.0331. The monoisotopic (exact) mass is 326 g/mol. The van der Waals surface area contributed by atoms with Gasteiger partial charge >= 0.3 is 5.97 Å². The second kappa shape index (κ2) is 8.97. The predicted molar refractivity (Wildman–Crippen MR) is 92.6 cm³/mol. The van der Waals surface area contributed by atoms with E-state index in [0.29, 0.717) is 12.6 Å². The maximum absolute atomic E-state index is 12.6. The van der Waals surface area contributed by atoms with Crippen LogP contribution in [0.1, 0.15) is 19.3 Å². The molecule has 6 heteroatoms. The first-order valence-corrected chi connectivity index (χ1v) is 8.91. The molecule has 0 aliphatic carbocycles. The molecule has 2 heterocycles. The van der Waals surface area contributed by atoms with Gasteiger partial charge in [0, 0.05) is 32.2 Å². The van der Waals surface area contributed by atoms with Crippen LogP contribution in [0.25, 0.3) is 0 Å². The summed E-state index contributed by atoms with van der Waals surface area (Å²) in [4.78, 5) is 21.8. The lowest BCUT2D eigenvalue weighted by Crippen LogP contribution is -2.60. The Morgan fingerprint density at radius 2 is 1.78 bits per heavy atom. The number of esters is 1. The van der Waals surface area contributed by atoms with Gasteiger partial charge in [0.25, 0.3) is 0 Å². The van der Waals surface area contributed by atoms with E-state index in [1.807, 2.05) is 14.1 Å². The number of piperazine rings is 1. The third-order valence-corrected chi connectivity index (χ3v) is 5.05. The summed E-state index contributed by atoms with van der Waals surface area (Å²) in [5.41, 5.74) is 0. The Balaban J connectivity index is 1.87. The van der Waals surface area contributed by atoms with Crippen LogP contribution in [0.3, 0.4) is 0 Å². The summed E-state index contributed by atoms with van der Waals surface area (Å²) in [6.45, 7) is 6.54. The molecule has 134 valence electrons. The van der Waals surface area contributed by atoms with Crippen molar-refractivity contribution < 1.29 is 9.53 Å². The first-order valence-electron chi connectivity index (χ1n) is 8.91. The number of carbonyl (C=O) groups excluding carboxylic acids is 1. The molecule has 1 unspecified atom stereocenters. The van der Waals surface area contributed by atoms with E-state index >= 15 is 0 Å². The minimum absolute atomic E-state index is 0.0331. The molecule has 6 nitrogen and oxygen atoms in total. The molecule has 0 bridgehead atoms. The Bertz CT molecular complexity index is 370. The van der Waals surface area contributed by atoms with E-state index < -0.39 is 0 Å². The molecule has 0 amide bonds. The molecule has 0 aromatic carbocycles. The number of likely N-dealkylation sites (tertiary alicyclic amines) is 1. The fourth-order valence-corrected chi connectivity index (χ4v) is 3.56. The summed E-state index contributed by atoms with van der Waals surface area (Å²) in [7, 11) is 8.36.